The molecule has 0 saturated heterocycles. The molecule has 2 saturated carbocycles. The summed E-state index contributed by atoms with van der Waals surface area (Å²) in [4.78, 5) is 0.779. The number of aliphatic hydroxyl groups is 1. The van der Waals surface area contributed by atoms with Crippen LogP contribution in [0, 0.1) is 0 Å². The molecule has 2 aliphatic carbocycles. The summed E-state index contributed by atoms with van der Waals surface area (Å²) in [5.74, 6) is 1.54. The van der Waals surface area contributed by atoms with Crippen molar-refractivity contribution in [1.82, 2.24) is 0 Å². The van der Waals surface area contributed by atoms with Crippen LogP contribution in [0.1, 0.15) is 132 Å². The van der Waals surface area contributed by atoms with E-state index < -0.39 is 11.1 Å². The number of benzene rings is 1. The lowest BCUT2D eigenvalue weighted by Gasteiger charge is -2.30. The molecule has 3 nitrogen and oxygen atoms in total. The van der Waals surface area contributed by atoms with Crippen LogP contribution in [0.4, 0.5) is 0 Å². The van der Waals surface area contributed by atoms with Gasteiger partial charge in [0, 0.05) is 7.11 Å². The molecular formula is C25H42O3S. The zero-order valence-electron chi connectivity index (χ0n) is 18.8. The Hall–Kier alpha value is -0.710. The second kappa shape index (κ2) is 12.9. The Morgan fingerprint density at radius 2 is 1.48 bits per heavy atom. The van der Waals surface area contributed by atoms with Crippen molar-refractivity contribution in [2.45, 2.75) is 120 Å². The predicted octanol–water partition coefficient (Wildman–Crippen LogP) is 7.26. The van der Waals surface area contributed by atoms with Crippen molar-refractivity contribution in [1.29, 1.82) is 0 Å². The smallest absolute Gasteiger partial charge is 0.187 e. The molecule has 2 fully saturated rings. The van der Waals surface area contributed by atoms with Gasteiger partial charge in [-0.2, -0.15) is 0 Å². The minimum Gasteiger partial charge on any atom is -0.400 e. The highest BCUT2D eigenvalue weighted by Gasteiger charge is 2.28. The average molecular weight is 423 g/mol. The van der Waals surface area contributed by atoms with Crippen molar-refractivity contribution in [3.63, 3.8) is 0 Å². The van der Waals surface area contributed by atoms with Gasteiger partial charge in [-0.3, -0.25) is 0 Å². The van der Waals surface area contributed by atoms with Gasteiger partial charge in [-0.05, 0) is 73.0 Å². The summed E-state index contributed by atoms with van der Waals surface area (Å²) in [6.45, 7) is 4.46. The van der Waals surface area contributed by atoms with Crippen LogP contribution in [0.2, 0.25) is 0 Å². The van der Waals surface area contributed by atoms with E-state index in [0.717, 1.165) is 31.3 Å². The highest BCUT2D eigenvalue weighted by Crippen LogP contribution is 2.43. The maximum absolute atomic E-state index is 12.5. The Kier molecular flexibility index (Phi) is 10.9. The SMILES string of the molecule is CCCC(CC)c1cc(C2CCCCC2)cc(C2CCCCC2)c1S(=O)O.CO. The highest BCUT2D eigenvalue weighted by atomic mass is 32.2. The first kappa shape index (κ1) is 24.6. The monoisotopic (exact) mass is 422 g/mol. The number of hydrogen-bond donors (Lipinski definition) is 2. The molecule has 1 aromatic rings. The van der Waals surface area contributed by atoms with Crippen LogP contribution >= 0.6 is 0 Å². The lowest BCUT2D eigenvalue weighted by atomic mass is 9.77. The molecular weight excluding hydrogens is 380 g/mol. The van der Waals surface area contributed by atoms with Gasteiger partial charge in [0.25, 0.3) is 0 Å². The van der Waals surface area contributed by atoms with Crippen LogP contribution in [-0.2, 0) is 11.1 Å². The van der Waals surface area contributed by atoms with Gasteiger partial charge in [-0.25, -0.2) is 4.21 Å². The zero-order valence-corrected chi connectivity index (χ0v) is 19.6. The fourth-order valence-electron chi connectivity index (χ4n) is 5.52. The van der Waals surface area contributed by atoms with Gasteiger partial charge in [-0.1, -0.05) is 70.9 Å². The van der Waals surface area contributed by atoms with Crippen molar-refractivity contribution in [2.24, 2.45) is 0 Å². The summed E-state index contributed by atoms with van der Waals surface area (Å²) in [5, 5.41) is 7.00. The first-order chi connectivity index (χ1) is 14.2. The van der Waals surface area contributed by atoms with Gasteiger partial charge in [0.15, 0.2) is 11.1 Å². The minimum atomic E-state index is -1.89. The Morgan fingerprint density at radius 1 is 0.931 bits per heavy atom. The Bertz CT molecular complexity index is 605. The van der Waals surface area contributed by atoms with Crippen molar-refractivity contribution >= 4 is 11.1 Å². The Morgan fingerprint density at radius 3 is 1.97 bits per heavy atom. The quantitative estimate of drug-likeness (QED) is 0.454. The van der Waals surface area contributed by atoms with Gasteiger partial charge < -0.3 is 9.66 Å². The van der Waals surface area contributed by atoms with E-state index in [4.69, 9.17) is 5.11 Å². The third kappa shape index (κ3) is 6.38. The molecule has 0 aliphatic heterocycles. The normalized spacial score (nSPS) is 20.6. The summed E-state index contributed by atoms with van der Waals surface area (Å²) in [7, 11) is 1.00. The summed E-state index contributed by atoms with van der Waals surface area (Å²) < 4.78 is 22.8. The van der Waals surface area contributed by atoms with Gasteiger partial charge >= 0.3 is 0 Å². The number of aliphatic hydroxyl groups excluding tert-OH is 1. The van der Waals surface area contributed by atoms with E-state index in [0.29, 0.717) is 17.8 Å². The average Bonchev–Trinajstić information content (AvgIpc) is 2.79. The molecule has 3 rings (SSSR count). The largest absolute Gasteiger partial charge is 0.400 e. The van der Waals surface area contributed by atoms with Crippen molar-refractivity contribution in [3.8, 4) is 0 Å². The highest BCUT2D eigenvalue weighted by molar-refractivity contribution is 7.79. The lowest BCUT2D eigenvalue weighted by molar-refractivity contribution is 0.399. The molecule has 0 amide bonds. The molecule has 0 aromatic heterocycles. The molecule has 1 aromatic carbocycles. The van der Waals surface area contributed by atoms with Gasteiger partial charge in [0.2, 0.25) is 0 Å². The molecule has 0 heterocycles. The molecule has 166 valence electrons. The second-order valence-corrected chi connectivity index (χ2v) is 9.75. The zero-order chi connectivity index (χ0) is 21.2. The number of rotatable bonds is 7. The first-order valence-corrected chi connectivity index (χ1v) is 13.0. The Balaban J connectivity index is 0.00000145. The van der Waals surface area contributed by atoms with Crippen molar-refractivity contribution in [2.75, 3.05) is 7.11 Å². The van der Waals surface area contributed by atoms with E-state index >= 15 is 0 Å². The fraction of sp³-hybridized carbons (Fsp3) is 0.760. The first-order valence-electron chi connectivity index (χ1n) is 11.9. The van der Waals surface area contributed by atoms with E-state index in [1.807, 2.05) is 0 Å². The summed E-state index contributed by atoms with van der Waals surface area (Å²) >= 11 is -1.89. The third-order valence-corrected chi connectivity index (χ3v) is 7.86. The van der Waals surface area contributed by atoms with E-state index in [-0.39, 0.29) is 0 Å². The molecule has 29 heavy (non-hydrogen) atoms. The molecule has 2 aliphatic rings. The summed E-state index contributed by atoms with van der Waals surface area (Å²) in [6, 6.07) is 4.70. The predicted molar refractivity (Wildman–Crippen MR) is 123 cm³/mol. The van der Waals surface area contributed by atoms with E-state index in [1.54, 1.807) is 0 Å². The Labute approximate surface area is 181 Å². The van der Waals surface area contributed by atoms with E-state index in [2.05, 4.69) is 26.0 Å². The molecule has 0 bridgehead atoms. The van der Waals surface area contributed by atoms with Crippen LogP contribution in [0.3, 0.4) is 0 Å². The summed E-state index contributed by atoms with van der Waals surface area (Å²) in [6.07, 6.45) is 16.1. The minimum absolute atomic E-state index is 0.409. The maximum atomic E-state index is 12.5. The van der Waals surface area contributed by atoms with Crippen LogP contribution in [-0.4, -0.2) is 21.0 Å². The van der Waals surface area contributed by atoms with Crippen molar-refractivity contribution < 1.29 is 13.9 Å². The molecule has 4 heteroatoms. The van der Waals surface area contributed by atoms with Gasteiger partial charge in [-0.15, -0.1) is 0 Å². The standard InChI is InChI=1S/C24H38O2S.CH4O/c1-3-11-18(4-2)22-16-21(19-12-7-5-8-13-19)17-23(24(22)27(25)26)20-14-9-6-10-15-20;1-2/h16-20H,3-15H2,1-2H3,(H,25,26);2H,1H3. The van der Waals surface area contributed by atoms with Crippen LogP contribution < -0.4 is 0 Å². The molecule has 0 spiro atoms. The molecule has 2 N–H and O–H groups in total. The van der Waals surface area contributed by atoms with Crippen LogP contribution in [0.25, 0.3) is 0 Å². The van der Waals surface area contributed by atoms with Crippen molar-refractivity contribution in [3.05, 3.63) is 28.8 Å². The maximum Gasteiger partial charge on any atom is 0.187 e. The van der Waals surface area contributed by atoms with Gasteiger partial charge in [0.1, 0.15) is 0 Å². The molecule has 2 atom stereocenters. The third-order valence-electron chi connectivity index (χ3n) is 7.03. The van der Waals surface area contributed by atoms with Crippen LogP contribution in [0.15, 0.2) is 17.0 Å². The lowest BCUT2D eigenvalue weighted by Crippen LogP contribution is -2.15. The second-order valence-electron chi connectivity index (χ2n) is 8.84. The summed E-state index contributed by atoms with van der Waals surface area (Å²) in [5.41, 5.74) is 3.89. The van der Waals surface area contributed by atoms with Crippen LogP contribution in [0.5, 0.6) is 0 Å². The topological polar surface area (TPSA) is 57.5 Å². The fourth-order valence-corrected chi connectivity index (χ4v) is 6.37. The molecule has 2 unspecified atom stereocenters. The van der Waals surface area contributed by atoms with E-state index in [1.165, 1.54) is 80.9 Å². The van der Waals surface area contributed by atoms with E-state index in [9.17, 15) is 8.76 Å². The number of hydrogen-bond acceptors (Lipinski definition) is 2. The van der Waals surface area contributed by atoms with Gasteiger partial charge in [0.05, 0.1) is 4.90 Å². The molecule has 0 radical (unpaired) electrons.